The first-order valence-electron chi connectivity index (χ1n) is 12.7. The molecule has 1 atom stereocenters. The largest absolute Gasteiger partial charge is 0.486 e. The van der Waals surface area contributed by atoms with Crippen molar-refractivity contribution in [1.29, 1.82) is 0 Å². The Kier molecular flexibility index (Phi) is 7.59. The van der Waals surface area contributed by atoms with Crippen molar-refractivity contribution in [2.75, 3.05) is 26.2 Å². The number of hydrogen-bond donors (Lipinski definition) is 0. The Balaban J connectivity index is 1.15. The minimum absolute atomic E-state index is 0.0986. The molecule has 6 heteroatoms. The molecule has 1 unspecified atom stereocenters. The third-order valence-corrected chi connectivity index (χ3v) is 6.84. The van der Waals surface area contributed by atoms with Crippen LogP contribution in [0.3, 0.4) is 0 Å². The highest BCUT2D eigenvalue weighted by molar-refractivity contribution is 5.94. The van der Waals surface area contributed by atoms with Gasteiger partial charge in [0.05, 0.1) is 6.54 Å². The lowest BCUT2D eigenvalue weighted by molar-refractivity contribution is 0.0761. The van der Waals surface area contributed by atoms with E-state index in [2.05, 4.69) is 50.9 Å². The second-order valence-electron chi connectivity index (χ2n) is 9.42. The number of benzene rings is 2. The minimum Gasteiger partial charge on any atom is -0.486 e. The number of imidazole rings is 1. The lowest BCUT2D eigenvalue weighted by atomic mass is 10.1. The van der Waals surface area contributed by atoms with Crippen LogP contribution < -0.4 is 4.74 Å². The average Bonchev–Trinajstić information content (AvgIpc) is 3.19. The molecule has 0 N–H and O–H groups in total. The summed E-state index contributed by atoms with van der Waals surface area (Å²) in [6.45, 7) is 4.93. The van der Waals surface area contributed by atoms with E-state index in [9.17, 15) is 4.79 Å². The van der Waals surface area contributed by atoms with Crippen LogP contribution in [0, 0.1) is 0 Å². The van der Waals surface area contributed by atoms with Crippen molar-refractivity contribution < 1.29 is 9.53 Å². The first-order chi connectivity index (χ1) is 17.2. The number of amides is 1. The summed E-state index contributed by atoms with van der Waals surface area (Å²) in [7, 11) is 0. The van der Waals surface area contributed by atoms with Gasteiger partial charge in [0.25, 0.3) is 5.91 Å². The summed E-state index contributed by atoms with van der Waals surface area (Å²) < 4.78 is 8.26. The Hall–Kier alpha value is -3.38. The van der Waals surface area contributed by atoms with Gasteiger partial charge in [-0.15, -0.1) is 0 Å². The number of aromatic nitrogens is 2. The van der Waals surface area contributed by atoms with Gasteiger partial charge in [-0.05, 0) is 61.6 Å². The number of carbonyl (C=O) groups excluding carboxylic acids is 1. The molecule has 2 aliphatic rings. The van der Waals surface area contributed by atoms with Crippen LogP contribution in [0.4, 0.5) is 0 Å². The molecule has 0 bridgehead atoms. The normalized spacial score (nSPS) is 18.9. The van der Waals surface area contributed by atoms with Crippen LogP contribution in [0.2, 0.25) is 0 Å². The van der Waals surface area contributed by atoms with Crippen LogP contribution in [0.5, 0.6) is 5.75 Å². The highest BCUT2D eigenvalue weighted by Gasteiger charge is 2.21. The molecule has 1 saturated heterocycles. The van der Waals surface area contributed by atoms with Gasteiger partial charge in [-0.3, -0.25) is 9.69 Å². The van der Waals surface area contributed by atoms with E-state index in [1.54, 1.807) is 0 Å². The van der Waals surface area contributed by atoms with E-state index in [-0.39, 0.29) is 12.0 Å². The van der Waals surface area contributed by atoms with Crippen molar-refractivity contribution in [3.05, 3.63) is 96.1 Å². The van der Waals surface area contributed by atoms with Crippen molar-refractivity contribution in [2.45, 2.75) is 44.9 Å². The van der Waals surface area contributed by atoms with E-state index >= 15 is 0 Å². The summed E-state index contributed by atoms with van der Waals surface area (Å²) >= 11 is 0. The van der Waals surface area contributed by atoms with Gasteiger partial charge < -0.3 is 14.2 Å². The highest BCUT2D eigenvalue weighted by atomic mass is 16.5. The van der Waals surface area contributed by atoms with Gasteiger partial charge >= 0.3 is 0 Å². The second kappa shape index (κ2) is 11.4. The predicted molar refractivity (Wildman–Crippen MR) is 137 cm³/mol. The van der Waals surface area contributed by atoms with E-state index in [1.165, 1.54) is 12.0 Å². The van der Waals surface area contributed by atoms with Crippen LogP contribution in [-0.2, 0) is 13.1 Å². The molecule has 1 amide bonds. The van der Waals surface area contributed by atoms with Crippen molar-refractivity contribution >= 4 is 5.91 Å². The zero-order valence-electron chi connectivity index (χ0n) is 20.3. The van der Waals surface area contributed by atoms with Crippen LogP contribution in [0.15, 0.2) is 79.1 Å². The standard InChI is InChI=1S/C29H34N4O2/c34-29(25-12-14-27(15-13-25)35-26-10-5-2-6-11-26)32-18-7-17-31(20-21-32)23-28-30-16-19-33(28)22-24-8-3-1-4-9-24/h1,3-5,8-10,12-16,19,26H,2,6-7,11,17-18,20-23H2. The number of allylic oxidation sites excluding steroid dienone is 1. The Bertz CT molecular complexity index is 1120. The lowest BCUT2D eigenvalue weighted by Crippen LogP contribution is -2.35. The van der Waals surface area contributed by atoms with Crippen molar-refractivity contribution in [3.63, 3.8) is 0 Å². The fraction of sp³-hybridized carbons (Fsp3) is 0.379. The molecule has 5 rings (SSSR count). The summed E-state index contributed by atoms with van der Waals surface area (Å²) in [5, 5.41) is 0. The number of rotatable bonds is 7. The molecule has 0 radical (unpaired) electrons. The Labute approximate surface area is 207 Å². The predicted octanol–water partition coefficient (Wildman–Crippen LogP) is 4.77. The Morgan fingerprint density at radius 2 is 1.80 bits per heavy atom. The maximum absolute atomic E-state index is 13.2. The molecule has 182 valence electrons. The molecule has 0 saturated carbocycles. The maximum atomic E-state index is 13.2. The van der Waals surface area contributed by atoms with E-state index in [0.29, 0.717) is 0 Å². The monoisotopic (exact) mass is 470 g/mol. The Morgan fingerprint density at radius 3 is 2.60 bits per heavy atom. The molecule has 2 heterocycles. The van der Waals surface area contributed by atoms with Crippen LogP contribution in [0.1, 0.15) is 47.4 Å². The van der Waals surface area contributed by atoms with Gasteiger partial charge in [0.2, 0.25) is 0 Å². The fourth-order valence-corrected chi connectivity index (χ4v) is 4.86. The van der Waals surface area contributed by atoms with Gasteiger partial charge in [-0.2, -0.15) is 0 Å². The first-order valence-corrected chi connectivity index (χ1v) is 12.7. The molecule has 1 aliphatic carbocycles. The number of ether oxygens (including phenoxy) is 1. The summed E-state index contributed by atoms with van der Waals surface area (Å²) in [6.07, 6.45) is 12.7. The van der Waals surface area contributed by atoms with E-state index in [1.807, 2.05) is 47.6 Å². The quantitative estimate of drug-likeness (QED) is 0.467. The zero-order chi connectivity index (χ0) is 23.9. The minimum atomic E-state index is 0.0986. The van der Waals surface area contributed by atoms with Crippen LogP contribution >= 0.6 is 0 Å². The molecule has 3 aromatic rings. The van der Waals surface area contributed by atoms with Crippen molar-refractivity contribution in [1.82, 2.24) is 19.4 Å². The zero-order valence-corrected chi connectivity index (χ0v) is 20.3. The molecular formula is C29H34N4O2. The van der Waals surface area contributed by atoms with E-state index in [4.69, 9.17) is 4.74 Å². The van der Waals surface area contributed by atoms with Gasteiger partial charge in [0, 0.05) is 50.7 Å². The van der Waals surface area contributed by atoms with Crippen molar-refractivity contribution in [2.24, 2.45) is 0 Å². The molecule has 2 aromatic carbocycles. The number of carbonyl (C=O) groups is 1. The van der Waals surface area contributed by atoms with Gasteiger partial charge in [0.1, 0.15) is 17.7 Å². The fourth-order valence-electron chi connectivity index (χ4n) is 4.86. The summed E-state index contributed by atoms with van der Waals surface area (Å²) in [4.78, 5) is 22.2. The molecule has 1 fully saturated rings. The average molecular weight is 471 g/mol. The number of nitrogens with zero attached hydrogens (tertiary/aromatic N) is 4. The van der Waals surface area contributed by atoms with Crippen LogP contribution in [-0.4, -0.2) is 57.5 Å². The van der Waals surface area contributed by atoms with Gasteiger partial charge in [-0.1, -0.05) is 36.4 Å². The molecule has 35 heavy (non-hydrogen) atoms. The lowest BCUT2D eigenvalue weighted by Gasteiger charge is -2.22. The number of hydrogen-bond acceptors (Lipinski definition) is 4. The third kappa shape index (κ3) is 6.20. The topological polar surface area (TPSA) is 50.6 Å². The summed E-state index contributed by atoms with van der Waals surface area (Å²) in [5.74, 6) is 1.99. The van der Waals surface area contributed by atoms with E-state index < -0.39 is 0 Å². The smallest absolute Gasteiger partial charge is 0.253 e. The molecule has 1 aromatic heterocycles. The van der Waals surface area contributed by atoms with E-state index in [0.717, 1.165) is 75.7 Å². The molecule has 0 spiro atoms. The maximum Gasteiger partial charge on any atom is 0.253 e. The molecule has 1 aliphatic heterocycles. The molecule has 6 nitrogen and oxygen atoms in total. The van der Waals surface area contributed by atoms with Crippen LogP contribution in [0.25, 0.3) is 0 Å². The second-order valence-corrected chi connectivity index (χ2v) is 9.42. The summed E-state index contributed by atoms with van der Waals surface area (Å²) in [6, 6.07) is 18.1. The van der Waals surface area contributed by atoms with Gasteiger partial charge in [-0.25, -0.2) is 4.98 Å². The van der Waals surface area contributed by atoms with Crippen molar-refractivity contribution in [3.8, 4) is 5.75 Å². The SMILES string of the molecule is O=C(c1ccc(OC2C=CCCC2)cc1)N1CCCN(Cc2nccn2Cc2ccccc2)CC1. The Morgan fingerprint density at radius 1 is 0.943 bits per heavy atom. The third-order valence-electron chi connectivity index (χ3n) is 6.84. The summed E-state index contributed by atoms with van der Waals surface area (Å²) in [5.41, 5.74) is 1.99. The molecular weight excluding hydrogens is 436 g/mol. The highest BCUT2D eigenvalue weighted by Crippen LogP contribution is 2.20. The van der Waals surface area contributed by atoms with Gasteiger partial charge in [0.15, 0.2) is 0 Å². The first kappa shape index (κ1) is 23.4.